The minimum absolute atomic E-state index is 0.0609. The fourth-order valence-electron chi connectivity index (χ4n) is 1.91. The van der Waals surface area contributed by atoms with Gasteiger partial charge < -0.3 is 15.6 Å². The fraction of sp³-hybridized carbons (Fsp3) is 0.0769. The lowest BCUT2D eigenvalue weighted by Gasteiger charge is -2.09. The number of carbonyl (C=O) groups is 1. The summed E-state index contributed by atoms with van der Waals surface area (Å²) in [5, 5.41) is 19.5. The quantitative estimate of drug-likeness (QED) is 0.669. The van der Waals surface area contributed by atoms with E-state index in [1.807, 2.05) is 0 Å². The monoisotopic (exact) mass is 319 g/mol. The number of aromatic nitrogens is 4. The maximum atomic E-state index is 11.0. The SMILES string of the molecule is Nc1cc(OCc2cc(C(=O)O)ccc2Cl)c2nn[nH]c2n1. The lowest BCUT2D eigenvalue weighted by Crippen LogP contribution is -2.02. The summed E-state index contributed by atoms with van der Waals surface area (Å²) in [4.78, 5) is 15.0. The first kappa shape index (κ1) is 14.1. The molecule has 0 saturated carbocycles. The van der Waals surface area contributed by atoms with Gasteiger partial charge in [0.2, 0.25) is 0 Å². The van der Waals surface area contributed by atoms with E-state index in [4.69, 9.17) is 27.2 Å². The number of aromatic carboxylic acids is 1. The number of pyridine rings is 1. The average Bonchev–Trinajstić information content (AvgIpc) is 2.94. The Morgan fingerprint density at radius 2 is 2.23 bits per heavy atom. The first-order chi connectivity index (χ1) is 10.5. The van der Waals surface area contributed by atoms with Gasteiger partial charge in [0, 0.05) is 16.7 Å². The van der Waals surface area contributed by atoms with Crippen molar-refractivity contribution in [1.29, 1.82) is 0 Å². The van der Waals surface area contributed by atoms with Crippen LogP contribution in [0.1, 0.15) is 15.9 Å². The highest BCUT2D eigenvalue weighted by Gasteiger charge is 2.12. The van der Waals surface area contributed by atoms with E-state index in [-0.39, 0.29) is 18.0 Å². The van der Waals surface area contributed by atoms with Crippen molar-refractivity contribution in [2.75, 3.05) is 5.73 Å². The van der Waals surface area contributed by atoms with Crippen LogP contribution < -0.4 is 10.5 Å². The molecule has 2 heterocycles. The maximum Gasteiger partial charge on any atom is 0.335 e. The summed E-state index contributed by atoms with van der Waals surface area (Å²) in [5.41, 5.74) is 7.17. The molecule has 3 aromatic rings. The zero-order valence-corrected chi connectivity index (χ0v) is 11.8. The number of ether oxygens (including phenoxy) is 1. The van der Waals surface area contributed by atoms with Crippen molar-refractivity contribution in [1.82, 2.24) is 20.4 Å². The molecule has 0 radical (unpaired) electrons. The molecule has 1 aromatic carbocycles. The number of fused-ring (bicyclic) bond motifs is 1. The van der Waals surface area contributed by atoms with Crippen LogP contribution in [0.15, 0.2) is 24.3 Å². The minimum Gasteiger partial charge on any atom is -0.486 e. The molecule has 0 aliphatic heterocycles. The summed E-state index contributed by atoms with van der Waals surface area (Å²) >= 11 is 6.05. The Morgan fingerprint density at radius 1 is 1.41 bits per heavy atom. The first-order valence-electron chi connectivity index (χ1n) is 6.16. The van der Waals surface area contributed by atoms with E-state index in [9.17, 15) is 4.79 Å². The van der Waals surface area contributed by atoms with E-state index in [1.165, 1.54) is 24.3 Å². The Kier molecular flexibility index (Phi) is 3.51. The number of hydrogen-bond donors (Lipinski definition) is 3. The highest BCUT2D eigenvalue weighted by Crippen LogP contribution is 2.25. The van der Waals surface area contributed by atoms with Gasteiger partial charge in [0.05, 0.1) is 5.56 Å². The smallest absolute Gasteiger partial charge is 0.335 e. The third-order valence-corrected chi connectivity index (χ3v) is 3.33. The van der Waals surface area contributed by atoms with Crippen LogP contribution in [0.2, 0.25) is 5.02 Å². The van der Waals surface area contributed by atoms with Gasteiger partial charge >= 0.3 is 5.97 Å². The van der Waals surface area contributed by atoms with Crippen LogP contribution in [-0.2, 0) is 6.61 Å². The van der Waals surface area contributed by atoms with Crippen LogP contribution in [0, 0.1) is 0 Å². The number of nitrogens with zero attached hydrogens (tertiary/aromatic N) is 3. The molecule has 0 unspecified atom stereocenters. The van der Waals surface area contributed by atoms with Crippen molar-refractivity contribution in [2.45, 2.75) is 6.61 Å². The van der Waals surface area contributed by atoms with E-state index in [2.05, 4.69) is 20.4 Å². The number of hydrogen-bond acceptors (Lipinski definition) is 6. The molecule has 0 aliphatic carbocycles. The van der Waals surface area contributed by atoms with Crippen molar-refractivity contribution >= 4 is 34.6 Å². The molecule has 8 nitrogen and oxygen atoms in total. The second-order valence-corrected chi connectivity index (χ2v) is 4.86. The number of anilines is 1. The van der Waals surface area contributed by atoms with Gasteiger partial charge in [0.15, 0.2) is 16.9 Å². The minimum atomic E-state index is -1.04. The van der Waals surface area contributed by atoms with Crippen LogP contribution in [-0.4, -0.2) is 31.5 Å². The van der Waals surface area contributed by atoms with Crippen molar-refractivity contribution in [3.05, 3.63) is 40.4 Å². The maximum absolute atomic E-state index is 11.0. The van der Waals surface area contributed by atoms with Gasteiger partial charge in [-0.25, -0.2) is 14.9 Å². The lowest BCUT2D eigenvalue weighted by atomic mass is 10.1. The van der Waals surface area contributed by atoms with Crippen LogP contribution in [0.25, 0.3) is 11.2 Å². The number of rotatable bonds is 4. The van der Waals surface area contributed by atoms with Gasteiger partial charge in [0.1, 0.15) is 12.4 Å². The fourth-order valence-corrected chi connectivity index (χ4v) is 2.09. The Labute approximate surface area is 128 Å². The zero-order chi connectivity index (χ0) is 15.7. The second-order valence-electron chi connectivity index (χ2n) is 4.45. The molecule has 0 amide bonds. The molecule has 0 spiro atoms. The van der Waals surface area contributed by atoms with Crippen molar-refractivity contribution in [3.8, 4) is 5.75 Å². The number of nitrogens with one attached hydrogen (secondary N) is 1. The number of nitrogen functional groups attached to an aromatic ring is 1. The van der Waals surface area contributed by atoms with E-state index < -0.39 is 5.97 Å². The number of halogens is 1. The number of aromatic amines is 1. The van der Waals surface area contributed by atoms with Gasteiger partial charge in [-0.1, -0.05) is 16.8 Å². The topological polar surface area (TPSA) is 127 Å². The zero-order valence-electron chi connectivity index (χ0n) is 11.1. The van der Waals surface area contributed by atoms with Crippen molar-refractivity contribution in [2.24, 2.45) is 0 Å². The summed E-state index contributed by atoms with van der Waals surface area (Å²) in [6, 6.07) is 5.90. The van der Waals surface area contributed by atoms with Crippen molar-refractivity contribution < 1.29 is 14.6 Å². The number of benzene rings is 1. The molecule has 0 fully saturated rings. The molecular formula is C13H10ClN5O3. The number of nitrogens with two attached hydrogens (primary N) is 1. The summed E-state index contributed by atoms with van der Waals surface area (Å²) in [6.07, 6.45) is 0. The Balaban J connectivity index is 1.89. The highest BCUT2D eigenvalue weighted by atomic mass is 35.5. The van der Waals surface area contributed by atoms with E-state index >= 15 is 0 Å². The van der Waals surface area contributed by atoms with Crippen LogP contribution in [0.4, 0.5) is 5.82 Å². The van der Waals surface area contributed by atoms with E-state index in [0.717, 1.165) is 0 Å². The molecule has 2 aromatic heterocycles. The molecule has 0 atom stereocenters. The summed E-state index contributed by atoms with van der Waals surface area (Å²) < 4.78 is 5.64. The highest BCUT2D eigenvalue weighted by molar-refractivity contribution is 6.31. The summed E-state index contributed by atoms with van der Waals surface area (Å²) in [5.74, 6) is -0.406. The predicted molar refractivity (Wildman–Crippen MR) is 78.8 cm³/mol. The van der Waals surface area contributed by atoms with Gasteiger partial charge in [0.25, 0.3) is 0 Å². The molecule has 4 N–H and O–H groups in total. The second kappa shape index (κ2) is 5.49. The molecule has 3 rings (SSSR count). The molecule has 112 valence electrons. The van der Waals surface area contributed by atoms with E-state index in [0.29, 0.717) is 27.5 Å². The van der Waals surface area contributed by atoms with E-state index in [1.54, 1.807) is 0 Å². The lowest BCUT2D eigenvalue weighted by molar-refractivity contribution is 0.0696. The molecule has 0 aliphatic rings. The molecular weight excluding hydrogens is 310 g/mol. The molecule has 0 bridgehead atoms. The van der Waals surface area contributed by atoms with Crippen molar-refractivity contribution in [3.63, 3.8) is 0 Å². The normalized spacial score (nSPS) is 10.8. The first-order valence-corrected chi connectivity index (χ1v) is 6.54. The molecule has 0 saturated heterocycles. The standard InChI is InChI=1S/C13H10ClN5O3/c14-8-2-1-6(13(20)21)3-7(8)5-22-9-4-10(15)16-12-11(9)17-19-18-12/h1-4H,5H2,(H,20,21)(H3,15,16,17,18,19). The van der Waals surface area contributed by atoms with Gasteiger partial charge in [-0.15, -0.1) is 5.10 Å². The van der Waals surface area contributed by atoms with Crippen LogP contribution in [0.3, 0.4) is 0 Å². The van der Waals surface area contributed by atoms with Crippen LogP contribution in [0.5, 0.6) is 5.75 Å². The Hall–Kier alpha value is -2.87. The van der Waals surface area contributed by atoms with Crippen LogP contribution >= 0.6 is 11.6 Å². The average molecular weight is 320 g/mol. The summed E-state index contributed by atoms with van der Waals surface area (Å²) in [6.45, 7) is 0.0609. The van der Waals surface area contributed by atoms with Gasteiger partial charge in [-0.2, -0.15) is 0 Å². The predicted octanol–water partition coefficient (Wildman–Crippen LogP) is 1.87. The van der Waals surface area contributed by atoms with Gasteiger partial charge in [-0.3, -0.25) is 0 Å². The number of carboxylic acid groups (broad SMARTS) is 1. The largest absolute Gasteiger partial charge is 0.486 e. The Morgan fingerprint density at radius 3 is 3.00 bits per heavy atom. The third kappa shape index (κ3) is 2.63. The number of carboxylic acids is 1. The number of H-pyrrole nitrogens is 1. The molecule has 9 heteroatoms. The molecule has 22 heavy (non-hydrogen) atoms. The van der Waals surface area contributed by atoms with Gasteiger partial charge in [-0.05, 0) is 18.2 Å². The summed E-state index contributed by atoms with van der Waals surface area (Å²) in [7, 11) is 0. The Bertz CT molecular complexity index is 864. The third-order valence-electron chi connectivity index (χ3n) is 2.96.